The number of rotatable bonds is 6. The third kappa shape index (κ3) is 3.17. The highest BCUT2D eigenvalue weighted by atomic mass is 16.7. The summed E-state index contributed by atoms with van der Waals surface area (Å²) in [5.74, 6) is -0.108. The zero-order valence-electron chi connectivity index (χ0n) is 13.1. The molecule has 124 valence electrons. The molecule has 0 radical (unpaired) electrons. The Hall–Kier alpha value is -1.41. The van der Waals surface area contributed by atoms with Crippen molar-refractivity contribution in [2.75, 3.05) is 26.8 Å². The Balaban J connectivity index is 2.21. The molecule has 0 aromatic rings. The first kappa shape index (κ1) is 17.0. The van der Waals surface area contributed by atoms with E-state index >= 15 is 0 Å². The Morgan fingerprint density at radius 1 is 1.59 bits per heavy atom. The van der Waals surface area contributed by atoms with Gasteiger partial charge >= 0.3 is 0 Å². The summed E-state index contributed by atoms with van der Waals surface area (Å²) in [5, 5.41) is 11.1. The van der Waals surface area contributed by atoms with Crippen molar-refractivity contribution >= 4 is 5.91 Å². The number of amides is 1. The zero-order valence-corrected chi connectivity index (χ0v) is 13.1. The first-order chi connectivity index (χ1) is 10.5. The minimum absolute atomic E-state index is 0.197. The zero-order chi connectivity index (χ0) is 16.3. The van der Waals surface area contributed by atoms with Gasteiger partial charge in [0.2, 0.25) is 5.91 Å². The molecule has 0 spiro atoms. The second-order valence-corrected chi connectivity index (χ2v) is 5.73. The Labute approximate surface area is 130 Å². The molecule has 1 saturated heterocycles. The molecule has 0 saturated carbocycles. The maximum atomic E-state index is 11.8. The van der Waals surface area contributed by atoms with Crippen LogP contribution in [0.2, 0.25) is 0 Å². The minimum Gasteiger partial charge on any atom is -0.496 e. The van der Waals surface area contributed by atoms with Crippen LogP contribution >= 0.6 is 0 Å². The Morgan fingerprint density at radius 2 is 2.32 bits per heavy atom. The maximum Gasteiger partial charge on any atom is 0.237 e. The van der Waals surface area contributed by atoms with E-state index in [0.29, 0.717) is 6.54 Å². The van der Waals surface area contributed by atoms with Crippen LogP contribution < -0.4 is 11.5 Å². The van der Waals surface area contributed by atoms with Gasteiger partial charge in [-0.05, 0) is 25.3 Å². The van der Waals surface area contributed by atoms with E-state index in [1.54, 1.807) is 7.11 Å². The van der Waals surface area contributed by atoms with Crippen LogP contribution in [0.25, 0.3) is 0 Å². The normalized spacial score (nSPS) is 29.6. The van der Waals surface area contributed by atoms with E-state index in [1.165, 1.54) is 10.6 Å². The van der Waals surface area contributed by atoms with Crippen LogP contribution in [0.3, 0.4) is 0 Å². The number of nitrogens with two attached hydrogens (primary N) is 2. The number of hydrogen-bond donors (Lipinski definition) is 3. The van der Waals surface area contributed by atoms with E-state index in [2.05, 4.69) is 6.08 Å². The van der Waals surface area contributed by atoms with E-state index < -0.39 is 24.0 Å². The number of aliphatic hydroxyl groups excluding tert-OH is 1. The van der Waals surface area contributed by atoms with Gasteiger partial charge in [0.1, 0.15) is 11.8 Å². The number of allylic oxidation sites excluding steroid dienone is 2. The Kier molecular flexibility index (Phi) is 5.57. The molecule has 7 heteroatoms. The van der Waals surface area contributed by atoms with Gasteiger partial charge in [-0.15, -0.1) is 0 Å². The van der Waals surface area contributed by atoms with Gasteiger partial charge < -0.3 is 21.3 Å². The molecule has 22 heavy (non-hydrogen) atoms. The fraction of sp³-hybridized carbons (Fsp3) is 0.667. The van der Waals surface area contributed by atoms with Crippen molar-refractivity contribution in [1.29, 1.82) is 0 Å². The fourth-order valence-corrected chi connectivity index (χ4v) is 3.21. The standard InChI is InChI=1S/C15H25N3O4/c1-9-4-3-5-10(14(9)21-2)7-18-13(15(17)20)11(8-19)12(6-16)22-18/h5,11-13,19H,3-4,6-8,16H2,1-2H3,(H2,17,20). The van der Waals surface area contributed by atoms with Gasteiger partial charge in [0.25, 0.3) is 0 Å². The second kappa shape index (κ2) is 7.23. The van der Waals surface area contributed by atoms with Crippen molar-refractivity contribution < 1.29 is 19.5 Å². The largest absolute Gasteiger partial charge is 0.496 e. The molecule has 7 nitrogen and oxygen atoms in total. The summed E-state index contributed by atoms with van der Waals surface area (Å²) in [7, 11) is 1.63. The third-order valence-corrected chi connectivity index (χ3v) is 4.32. The van der Waals surface area contributed by atoms with Crippen molar-refractivity contribution in [1.82, 2.24) is 5.06 Å². The van der Waals surface area contributed by atoms with Crippen LogP contribution in [0, 0.1) is 5.92 Å². The SMILES string of the molecule is COC1=C(C)CCC=C1CN1OC(CN)C(CO)C1C(N)=O. The van der Waals surface area contributed by atoms with Crippen LogP contribution in [0.1, 0.15) is 19.8 Å². The molecule has 0 aromatic carbocycles. The van der Waals surface area contributed by atoms with Crippen molar-refractivity contribution in [3.05, 3.63) is 23.0 Å². The monoisotopic (exact) mass is 311 g/mol. The Bertz CT molecular complexity index is 489. The van der Waals surface area contributed by atoms with Crippen LogP contribution in [0.5, 0.6) is 0 Å². The van der Waals surface area contributed by atoms with Gasteiger partial charge in [0, 0.05) is 18.0 Å². The number of primary amides is 1. The number of hydrogen-bond acceptors (Lipinski definition) is 6. The molecule has 0 aromatic heterocycles. The van der Waals surface area contributed by atoms with Gasteiger partial charge in [-0.2, -0.15) is 5.06 Å². The van der Waals surface area contributed by atoms with Crippen molar-refractivity contribution in [2.24, 2.45) is 17.4 Å². The van der Waals surface area contributed by atoms with Crippen molar-refractivity contribution in [3.8, 4) is 0 Å². The lowest BCUT2D eigenvalue weighted by molar-refractivity contribution is -0.162. The van der Waals surface area contributed by atoms with Gasteiger partial charge in [-0.3, -0.25) is 9.63 Å². The lowest BCUT2D eigenvalue weighted by Gasteiger charge is -2.26. The van der Waals surface area contributed by atoms with E-state index in [0.717, 1.165) is 24.2 Å². The maximum absolute atomic E-state index is 11.8. The number of ether oxygens (including phenoxy) is 1. The molecule has 1 amide bonds. The smallest absolute Gasteiger partial charge is 0.237 e. The average Bonchev–Trinajstić information content (AvgIpc) is 2.85. The summed E-state index contributed by atoms with van der Waals surface area (Å²) < 4.78 is 5.47. The average molecular weight is 311 g/mol. The summed E-state index contributed by atoms with van der Waals surface area (Å²) in [6, 6.07) is -0.695. The quantitative estimate of drug-likeness (QED) is 0.619. The predicted octanol–water partition coefficient (Wildman–Crippen LogP) is -0.336. The number of hydroxylamine groups is 2. The first-order valence-electron chi connectivity index (χ1n) is 7.50. The number of carbonyl (C=O) groups is 1. The molecule has 0 bridgehead atoms. The molecular formula is C15H25N3O4. The van der Waals surface area contributed by atoms with Gasteiger partial charge in [-0.1, -0.05) is 6.08 Å². The lowest BCUT2D eigenvalue weighted by atomic mass is 9.94. The minimum atomic E-state index is -0.695. The molecule has 1 fully saturated rings. The van der Waals surface area contributed by atoms with Gasteiger partial charge in [-0.25, -0.2) is 0 Å². The molecule has 1 aliphatic heterocycles. The highest BCUT2D eigenvalue weighted by molar-refractivity contribution is 5.80. The molecule has 1 aliphatic carbocycles. The molecule has 2 rings (SSSR count). The number of carbonyl (C=O) groups excluding carboxylic acids is 1. The van der Waals surface area contributed by atoms with E-state index in [4.69, 9.17) is 21.0 Å². The number of aliphatic hydroxyl groups is 1. The molecule has 3 atom stereocenters. The Morgan fingerprint density at radius 3 is 2.86 bits per heavy atom. The highest BCUT2D eigenvalue weighted by Crippen LogP contribution is 2.31. The summed E-state index contributed by atoms with van der Waals surface area (Å²) in [4.78, 5) is 17.5. The molecule has 2 aliphatic rings. The van der Waals surface area contributed by atoms with Crippen molar-refractivity contribution in [3.63, 3.8) is 0 Å². The summed E-state index contributed by atoms with van der Waals surface area (Å²) in [5.41, 5.74) is 13.3. The first-order valence-corrected chi connectivity index (χ1v) is 7.50. The molecule has 3 unspecified atom stereocenters. The summed E-state index contributed by atoms with van der Waals surface area (Å²) in [6.07, 6.45) is 3.55. The van der Waals surface area contributed by atoms with E-state index in [1.807, 2.05) is 6.92 Å². The van der Waals surface area contributed by atoms with Crippen LogP contribution in [0.15, 0.2) is 23.0 Å². The lowest BCUT2D eigenvalue weighted by Crippen LogP contribution is -2.45. The van der Waals surface area contributed by atoms with Crippen LogP contribution in [-0.2, 0) is 14.4 Å². The predicted molar refractivity (Wildman–Crippen MR) is 81.2 cm³/mol. The van der Waals surface area contributed by atoms with Gasteiger partial charge in [0.05, 0.1) is 26.4 Å². The van der Waals surface area contributed by atoms with Gasteiger partial charge in [0.15, 0.2) is 0 Å². The second-order valence-electron chi connectivity index (χ2n) is 5.73. The summed E-state index contributed by atoms with van der Waals surface area (Å²) >= 11 is 0. The van der Waals surface area contributed by atoms with Crippen molar-refractivity contribution in [2.45, 2.75) is 31.9 Å². The molecule has 5 N–H and O–H groups in total. The number of nitrogens with zero attached hydrogens (tertiary/aromatic N) is 1. The van der Waals surface area contributed by atoms with E-state index in [-0.39, 0.29) is 13.2 Å². The third-order valence-electron chi connectivity index (χ3n) is 4.32. The molecule has 1 heterocycles. The summed E-state index contributed by atoms with van der Waals surface area (Å²) in [6.45, 7) is 2.43. The molecular weight excluding hydrogens is 286 g/mol. The van der Waals surface area contributed by atoms with E-state index in [9.17, 15) is 9.90 Å². The van der Waals surface area contributed by atoms with Crippen LogP contribution in [0.4, 0.5) is 0 Å². The number of methoxy groups -OCH3 is 1. The van der Waals surface area contributed by atoms with Crippen LogP contribution in [-0.4, -0.2) is 55.0 Å². The highest BCUT2D eigenvalue weighted by Gasteiger charge is 2.46. The fourth-order valence-electron chi connectivity index (χ4n) is 3.21. The topological polar surface area (TPSA) is 111 Å².